The van der Waals surface area contributed by atoms with Crippen molar-refractivity contribution in [3.63, 3.8) is 0 Å². The van der Waals surface area contributed by atoms with Crippen molar-refractivity contribution in [2.24, 2.45) is 5.10 Å². The van der Waals surface area contributed by atoms with Crippen LogP contribution in [-0.2, 0) is 4.79 Å². The van der Waals surface area contributed by atoms with E-state index >= 15 is 0 Å². The maximum Gasteiger partial charge on any atom is 0.258 e. The summed E-state index contributed by atoms with van der Waals surface area (Å²) in [5.74, 6) is -0.00263. The molecule has 0 spiro atoms. The minimum Gasteiger partial charge on any atom is -0.508 e. The molecule has 0 radical (unpaired) electrons. The average Bonchev–Trinajstić information content (AvgIpc) is 3.19. The number of nitrogens with zero attached hydrogens (tertiary/aromatic N) is 1. The molecule has 3 aromatic rings. The number of phenolic OH excluding ortho intramolecular Hbond substituents is 1. The standard InChI is InChI=1S/C21H20N4O2/c26-16-10-8-14(9-11-16)13-22-25-21(27)20-12-19(23-24-20)18-7-3-5-15-4-1-2-6-17(15)18/h1-11,13,19-20,23-24,26H,12H2,(H,25,27)/b22-13+. The van der Waals surface area contributed by atoms with Gasteiger partial charge in [0.1, 0.15) is 11.8 Å². The third kappa shape index (κ3) is 3.81. The molecule has 1 aliphatic rings. The Morgan fingerprint density at radius 1 is 1.04 bits per heavy atom. The van der Waals surface area contributed by atoms with Crippen LogP contribution in [0.3, 0.4) is 0 Å². The largest absolute Gasteiger partial charge is 0.508 e. The summed E-state index contributed by atoms with van der Waals surface area (Å²) in [4.78, 5) is 12.4. The van der Waals surface area contributed by atoms with Crippen LogP contribution in [0.2, 0.25) is 0 Å². The van der Waals surface area contributed by atoms with E-state index in [1.165, 1.54) is 16.3 Å². The van der Waals surface area contributed by atoms with Crippen molar-refractivity contribution in [1.29, 1.82) is 0 Å². The molecule has 0 saturated carbocycles. The van der Waals surface area contributed by atoms with Crippen molar-refractivity contribution in [3.8, 4) is 5.75 Å². The molecule has 1 fully saturated rings. The zero-order chi connectivity index (χ0) is 18.6. The van der Waals surface area contributed by atoms with Crippen LogP contribution in [0.1, 0.15) is 23.6 Å². The number of hydrogen-bond donors (Lipinski definition) is 4. The normalized spacial score (nSPS) is 19.6. The number of rotatable bonds is 4. The minimum absolute atomic E-state index is 0.0490. The maximum atomic E-state index is 12.4. The van der Waals surface area contributed by atoms with Crippen molar-refractivity contribution in [3.05, 3.63) is 77.9 Å². The lowest BCUT2D eigenvalue weighted by atomic mass is 9.96. The van der Waals surface area contributed by atoms with Crippen molar-refractivity contribution in [2.75, 3.05) is 0 Å². The molecular weight excluding hydrogens is 340 g/mol. The number of carbonyl (C=O) groups excluding carboxylic acids is 1. The third-order valence-electron chi connectivity index (χ3n) is 4.70. The van der Waals surface area contributed by atoms with Crippen LogP contribution < -0.4 is 16.3 Å². The lowest BCUT2D eigenvalue weighted by Crippen LogP contribution is -2.41. The zero-order valence-electron chi connectivity index (χ0n) is 14.6. The molecule has 4 N–H and O–H groups in total. The molecule has 1 heterocycles. The Morgan fingerprint density at radius 2 is 1.81 bits per heavy atom. The van der Waals surface area contributed by atoms with Crippen LogP contribution in [-0.4, -0.2) is 23.3 Å². The highest BCUT2D eigenvalue weighted by atomic mass is 16.3. The number of phenols is 1. The first-order valence-corrected chi connectivity index (χ1v) is 8.81. The van der Waals surface area contributed by atoms with Gasteiger partial charge in [0.2, 0.25) is 0 Å². The summed E-state index contributed by atoms with van der Waals surface area (Å²) in [5.41, 5.74) is 10.8. The second kappa shape index (κ2) is 7.57. The molecule has 6 heteroatoms. The Balaban J connectivity index is 1.40. The number of hydrazine groups is 1. The van der Waals surface area contributed by atoms with Crippen molar-refractivity contribution in [2.45, 2.75) is 18.5 Å². The predicted molar refractivity (Wildman–Crippen MR) is 105 cm³/mol. The van der Waals surface area contributed by atoms with Gasteiger partial charge in [0, 0.05) is 6.04 Å². The molecule has 136 valence electrons. The van der Waals surface area contributed by atoms with Gasteiger partial charge in [-0.15, -0.1) is 0 Å². The van der Waals surface area contributed by atoms with Crippen molar-refractivity contribution >= 4 is 22.9 Å². The average molecular weight is 360 g/mol. The minimum atomic E-state index is -0.370. The lowest BCUT2D eigenvalue weighted by Gasteiger charge is -2.13. The molecule has 4 rings (SSSR count). The molecular formula is C21H20N4O2. The van der Waals surface area contributed by atoms with Crippen LogP contribution in [0.25, 0.3) is 10.8 Å². The first-order chi connectivity index (χ1) is 13.2. The van der Waals surface area contributed by atoms with E-state index in [1.807, 2.05) is 18.2 Å². The van der Waals surface area contributed by atoms with Crippen LogP contribution in [0, 0.1) is 0 Å². The molecule has 2 atom stereocenters. The van der Waals surface area contributed by atoms with Gasteiger partial charge in [0.05, 0.1) is 6.21 Å². The summed E-state index contributed by atoms with van der Waals surface area (Å²) < 4.78 is 0. The number of aromatic hydroxyl groups is 1. The molecule has 3 aromatic carbocycles. The molecule has 1 saturated heterocycles. The molecule has 27 heavy (non-hydrogen) atoms. The smallest absolute Gasteiger partial charge is 0.258 e. The number of benzene rings is 3. The van der Waals surface area contributed by atoms with Crippen molar-refractivity contribution in [1.82, 2.24) is 16.3 Å². The van der Waals surface area contributed by atoms with Crippen LogP contribution in [0.5, 0.6) is 5.75 Å². The highest BCUT2D eigenvalue weighted by molar-refractivity contribution is 5.87. The number of amides is 1. The Labute approximate surface area is 156 Å². The van der Waals surface area contributed by atoms with Gasteiger partial charge in [-0.2, -0.15) is 5.10 Å². The maximum absolute atomic E-state index is 12.4. The topological polar surface area (TPSA) is 85.8 Å². The summed E-state index contributed by atoms with van der Waals surface area (Å²) in [6, 6.07) is 20.7. The first-order valence-electron chi connectivity index (χ1n) is 8.81. The van der Waals surface area contributed by atoms with Gasteiger partial charge in [-0.05, 0) is 52.6 Å². The Hall–Kier alpha value is -3.22. The Kier molecular flexibility index (Phi) is 4.82. The van der Waals surface area contributed by atoms with E-state index in [0.29, 0.717) is 6.42 Å². The number of hydrogen-bond acceptors (Lipinski definition) is 5. The van der Waals surface area contributed by atoms with Gasteiger partial charge in [-0.3, -0.25) is 4.79 Å². The summed E-state index contributed by atoms with van der Waals surface area (Å²) in [6.45, 7) is 0. The third-order valence-corrected chi connectivity index (χ3v) is 4.70. The van der Waals surface area contributed by atoms with Crippen LogP contribution >= 0.6 is 0 Å². The van der Waals surface area contributed by atoms with Gasteiger partial charge < -0.3 is 5.11 Å². The van der Waals surface area contributed by atoms with E-state index in [-0.39, 0.29) is 23.7 Å². The van der Waals surface area contributed by atoms with Gasteiger partial charge in [-0.25, -0.2) is 16.3 Å². The number of hydrazone groups is 1. The number of nitrogens with one attached hydrogen (secondary N) is 3. The fourth-order valence-corrected chi connectivity index (χ4v) is 3.30. The summed E-state index contributed by atoms with van der Waals surface area (Å²) in [7, 11) is 0. The summed E-state index contributed by atoms with van der Waals surface area (Å²) in [6.07, 6.45) is 2.18. The number of fused-ring (bicyclic) bond motifs is 1. The van der Waals surface area contributed by atoms with E-state index < -0.39 is 0 Å². The highest BCUT2D eigenvalue weighted by Crippen LogP contribution is 2.29. The molecule has 0 bridgehead atoms. The summed E-state index contributed by atoms with van der Waals surface area (Å²) in [5, 5.41) is 15.6. The Morgan fingerprint density at radius 3 is 2.67 bits per heavy atom. The fourth-order valence-electron chi connectivity index (χ4n) is 3.30. The quantitative estimate of drug-likeness (QED) is 0.426. The monoisotopic (exact) mass is 360 g/mol. The van der Waals surface area contributed by atoms with E-state index in [0.717, 1.165) is 5.56 Å². The molecule has 1 aliphatic heterocycles. The van der Waals surface area contributed by atoms with E-state index in [9.17, 15) is 9.90 Å². The number of carbonyl (C=O) groups is 1. The SMILES string of the molecule is O=C(N/N=C/c1ccc(O)cc1)C1CC(c2cccc3ccccc23)NN1. The lowest BCUT2D eigenvalue weighted by molar-refractivity contribution is -0.122. The van der Waals surface area contributed by atoms with Gasteiger partial charge in [0.25, 0.3) is 5.91 Å². The molecule has 0 aromatic heterocycles. The van der Waals surface area contributed by atoms with E-state index in [1.54, 1.807) is 30.5 Å². The second-order valence-electron chi connectivity index (χ2n) is 6.52. The molecule has 0 aliphatic carbocycles. The second-order valence-corrected chi connectivity index (χ2v) is 6.52. The fraction of sp³-hybridized carbons (Fsp3) is 0.143. The highest BCUT2D eigenvalue weighted by Gasteiger charge is 2.30. The summed E-state index contributed by atoms with van der Waals surface area (Å²) >= 11 is 0. The van der Waals surface area contributed by atoms with E-state index in [2.05, 4.69) is 45.6 Å². The zero-order valence-corrected chi connectivity index (χ0v) is 14.6. The Bertz CT molecular complexity index is 980. The molecule has 6 nitrogen and oxygen atoms in total. The predicted octanol–water partition coefficient (Wildman–Crippen LogP) is 2.60. The molecule has 2 unspecified atom stereocenters. The van der Waals surface area contributed by atoms with Crippen molar-refractivity contribution < 1.29 is 9.90 Å². The van der Waals surface area contributed by atoms with Gasteiger partial charge in [-0.1, -0.05) is 42.5 Å². The van der Waals surface area contributed by atoms with Gasteiger partial charge >= 0.3 is 0 Å². The van der Waals surface area contributed by atoms with Gasteiger partial charge in [0.15, 0.2) is 0 Å². The van der Waals surface area contributed by atoms with Crippen LogP contribution in [0.4, 0.5) is 0 Å². The first kappa shape index (κ1) is 17.2. The molecule has 1 amide bonds. The van der Waals surface area contributed by atoms with E-state index in [4.69, 9.17) is 0 Å². The van der Waals surface area contributed by atoms with Crippen LogP contribution in [0.15, 0.2) is 71.8 Å².